The van der Waals surface area contributed by atoms with E-state index in [1.165, 1.54) is 0 Å². The SMILES string of the molecule is C/C(CCO)=N/O.CC. The number of aliphatic hydroxyl groups excluding tert-OH is 1. The van der Waals surface area contributed by atoms with Crippen LogP contribution in [0.15, 0.2) is 5.16 Å². The Morgan fingerprint density at radius 3 is 2.00 bits per heavy atom. The van der Waals surface area contributed by atoms with Crippen molar-refractivity contribution in [3.8, 4) is 0 Å². The minimum atomic E-state index is 0.0515. The second-order valence-corrected chi connectivity index (χ2v) is 1.31. The first-order valence-electron chi connectivity index (χ1n) is 3.09. The molecule has 0 heterocycles. The molecule has 56 valence electrons. The Bertz CT molecular complexity index is 71.5. The zero-order valence-corrected chi connectivity index (χ0v) is 6.26. The molecule has 3 nitrogen and oxygen atoms in total. The Kier molecular flexibility index (Phi) is 13.0. The fourth-order valence-corrected chi connectivity index (χ4v) is 0.212. The maximum atomic E-state index is 8.18. The molecule has 0 atom stereocenters. The summed E-state index contributed by atoms with van der Waals surface area (Å²) in [6.45, 7) is 5.70. The highest BCUT2D eigenvalue weighted by Crippen LogP contribution is 1.79. The Hall–Kier alpha value is -0.570. The topological polar surface area (TPSA) is 52.8 Å². The van der Waals surface area contributed by atoms with Gasteiger partial charge in [-0.3, -0.25) is 0 Å². The van der Waals surface area contributed by atoms with Crippen LogP contribution in [0.3, 0.4) is 0 Å². The Morgan fingerprint density at radius 1 is 1.44 bits per heavy atom. The van der Waals surface area contributed by atoms with Crippen LogP contribution in [0.1, 0.15) is 27.2 Å². The predicted octanol–water partition coefficient (Wildman–Crippen LogP) is 1.25. The third-order valence-electron chi connectivity index (χ3n) is 0.644. The third kappa shape index (κ3) is 11.2. The van der Waals surface area contributed by atoms with Gasteiger partial charge >= 0.3 is 0 Å². The van der Waals surface area contributed by atoms with Gasteiger partial charge in [-0.2, -0.15) is 0 Å². The molecule has 0 saturated heterocycles. The molecule has 9 heavy (non-hydrogen) atoms. The van der Waals surface area contributed by atoms with Crippen molar-refractivity contribution in [1.29, 1.82) is 0 Å². The predicted molar refractivity (Wildman–Crippen MR) is 37.9 cm³/mol. The lowest BCUT2D eigenvalue weighted by Crippen LogP contribution is -1.93. The standard InChI is InChI=1S/C4H9NO2.C2H6/c1-4(5-7)2-3-6;1-2/h6-7H,2-3H2,1H3;1-2H3/b5-4-;. The van der Waals surface area contributed by atoms with Gasteiger partial charge in [-0.05, 0) is 6.92 Å². The summed E-state index contributed by atoms with van der Waals surface area (Å²) in [5.74, 6) is 0. The van der Waals surface area contributed by atoms with E-state index in [0.29, 0.717) is 12.1 Å². The van der Waals surface area contributed by atoms with Gasteiger partial charge in [0.15, 0.2) is 0 Å². The van der Waals surface area contributed by atoms with Crippen molar-refractivity contribution in [2.24, 2.45) is 5.16 Å². The van der Waals surface area contributed by atoms with Crippen molar-refractivity contribution in [3.63, 3.8) is 0 Å². The van der Waals surface area contributed by atoms with E-state index in [-0.39, 0.29) is 6.61 Å². The number of rotatable bonds is 2. The van der Waals surface area contributed by atoms with Gasteiger partial charge < -0.3 is 10.3 Å². The summed E-state index contributed by atoms with van der Waals surface area (Å²) in [7, 11) is 0. The van der Waals surface area contributed by atoms with Crippen molar-refractivity contribution < 1.29 is 10.3 Å². The molecule has 0 unspecified atom stereocenters. The van der Waals surface area contributed by atoms with Gasteiger partial charge in [-0.15, -0.1) is 0 Å². The van der Waals surface area contributed by atoms with Crippen molar-refractivity contribution in [1.82, 2.24) is 0 Å². The molecular formula is C6H15NO2. The molecule has 0 aromatic heterocycles. The van der Waals surface area contributed by atoms with Gasteiger partial charge in [0.05, 0.1) is 5.71 Å². The monoisotopic (exact) mass is 133 g/mol. The van der Waals surface area contributed by atoms with Crippen LogP contribution >= 0.6 is 0 Å². The minimum Gasteiger partial charge on any atom is -0.411 e. The minimum absolute atomic E-state index is 0.0515. The third-order valence-corrected chi connectivity index (χ3v) is 0.644. The number of oxime groups is 1. The Morgan fingerprint density at radius 2 is 1.89 bits per heavy atom. The highest BCUT2D eigenvalue weighted by molar-refractivity contribution is 5.81. The summed E-state index contributed by atoms with van der Waals surface area (Å²) in [4.78, 5) is 0. The molecule has 0 radical (unpaired) electrons. The van der Waals surface area contributed by atoms with E-state index in [1.54, 1.807) is 6.92 Å². The maximum Gasteiger partial charge on any atom is 0.0562 e. The lowest BCUT2D eigenvalue weighted by molar-refractivity contribution is 0.295. The van der Waals surface area contributed by atoms with Crippen molar-refractivity contribution in [2.75, 3.05) is 6.61 Å². The van der Waals surface area contributed by atoms with E-state index in [9.17, 15) is 0 Å². The molecule has 0 aliphatic heterocycles. The van der Waals surface area contributed by atoms with E-state index in [0.717, 1.165) is 0 Å². The smallest absolute Gasteiger partial charge is 0.0562 e. The molecule has 0 aliphatic rings. The van der Waals surface area contributed by atoms with Crippen LogP contribution in [0.4, 0.5) is 0 Å². The molecule has 0 bridgehead atoms. The zero-order valence-electron chi connectivity index (χ0n) is 6.26. The lowest BCUT2D eigenvalue weighted by Gasteiger charge is -1.87. The normalized spacial score (nSPS) is 10.0. The van der Waals surface area contributed by atoms with Gasteiger partial charge in [0.25, 0.3) is 0 Å². The second kappa shape index (κ2) is 10.4. The Balaban J connectivity index is 0. The number of nitrogens with zero attached hydrogens (tertiary/aromatic N) is 1. The van der Waals surface area contributed by atoms with Crippen LogP contribution in [0.2, 0.25) is 0 Å². The fraction of sp³-hybridized carbons (Fsp3) is 0.833. The molecule has 2 N–H and O–H groups in total. The van der Waals surface area contributed by atoms with Gasteiger partial charge in [0, 0.05) is 13.0 Å². The highest BCUT2D eigenvalue weighted by atomic mass is 16.4. The van der Waals surface area contributed by atoms with Crippen LogP contribution in [-0.4, -0.2) is 22.6 Å². The molecule has 0 spiro atoms. The van der Waals surface area contributed by atoms with Gasteiger partial charge in [0.1, 0.15) is 0 Å². The summed E-state index contributed by atoms with van der Waals surface area (Å²) in [6.07, 6.45) is 0.455. The summed E-state index contributed by atoms with van der Waals surface area (Å²) < 4.78 is 0. The van der Waals surface area contributed by atoms with Crippen LogP contribution < -0.4 is 0 Å². The maximum absolute atomic E-state index is 8.18. The van der Waals surface area contributed by atoms with Crippen LogP contribution in [0.25, 0.3) is 0 Å². The average molecular weight is 133 g/mol. The van der Waals surface area contributed by atoms with E-state index in [4.69, 9.17) is 10.3 Å². The molecule has 0 aliphatic carbocycles. The molecule has 0 aromatic carbocycles. The first-order chi connectivity index (χ1) is 4.31. The van der Waals surface area contributed by atoms with Crippen molar-refractivity contribution >= 4 is 5.71 Å². The second-order valence-electron chi connectivity index (χ2n) is 1.31. The van der Waals surface area contributed by atoms with Crippen molar-refractivity contribution in [3.05, 3.63) is 0 Å². The average Bonchev–Trinajstić information content (AvgIpc) is 1.93. The van der Waals surface area contributed by atoms with Gasteiger partial charge in [-0.1, -0.05) is 19.0 Å². The Labute approximate surface area is 56.0 Å². The van der Waals surface area contributed by atoms with Crippen LogP contribution in [0, 0.1) is 0 Å². The van der Waals surface area contributed by atoms with E-state index in [2.05, 4.69) is 5.16 Å². The summed E-state index contributed by atoms with van der Waals surface area (Å²) in [6, 6.07) is 0. The first kappa shape index (κ1) is 11.3. The van der Waals surface area contributed by atoms with E-state index >= 15 is 0 Å². The quantitative estimate of drug-likeness (QED) is 0.338. The van der Waals surface area contributed by atoms with E-state index in [1.807, 2.05) is 13.8 Å². The highest BCUT2D eigenvalue weighted by Gasteiger charge is 1.85. The fourth-order valence-electron chi connectivity index (χ4n) is 0.212. The zero-order chi connectivity index (χ0) is 7.70. The number of hydrogen-bond donors (Lipinski definition) is 2. The molecule has 0 amide bonds. The summed E-state index contributed by atoms with van der Waals surface area (Å²) in [5, 5.41) is 19.0. The molecular weight excluding hydrogens is 118 g/mol. The molecule has 0 aromatic rings. The first-order valence-corrected chi connectivity index (χ1v) is 3.09. The molecule has 3 heteroatoms. The van der Waals surface area contributed by atoms with Gasteiger partial charge in [0.2, 0.25) is 0 Å². The van der Waals surface area contributed by atoms with Crippen molar-refractivity contribution in [2.45, 2.75) is 27.2 Å². The summed E-state index contributed by atoms with van der Waals surface area (Å²) in [5.41, 5.74) is 0.558. The van der Waals surface area contributed by atoms with E-state index < -0.39 is 0 Å². The lowest BCUT2D eigenvalue weighted by atomic mass is 10.3. The number of hydrogen-bond acceptors (Lipinski definition) is 3. The molecule has 0 fully saturated rings. The largest absolute Gasteiger partial charge is 0.411 e. The number of aliphatic hydroxyl groups is 1. The van der Waals surface area contributed by atoms with Crippen LogP contribution in [0.5, 0.6) is 0 Å². The molecule has 0 saturated carbocycles. The molecule has 0 rings (SSSR count). The summed E-state index contributed by atoms with van der Waals surface area (Å²) >= 11 is 0. The van der Waals surface area contributed by atoms with Gasteiger partial charge in [-0.25, -0.2) is 0 Å². The van der Waals surface area contributed by atoms with Crippen LogP contribution in [-0.2, 0) is 0 Å².